The number of morpholine rings is 1. The van der Waals surface area contributed by atoms with E-state index in [9.17, 15) is 0 Å². The number of ether oxygens (including phenoxy) is 1. The summed E-state index contributed by atoms with van der Waals surface area (Å²) in [5.74, 6) is 0.671. The summed E-state index contributed by atoms with van der Waals surface area (Å²) >= 11 is 0. The zero-order valence-electron chi connectivity index (χ0n) is 12.2. The molecule has 4 rings (SSSR count). The van der Waals surface area contributed by atoms with Crippen LogP contribution in [0.15, 0.2) is 18.5 Å². The van der Waals surface area contributed by atoms with E-state index in [0.29, 0.717) is 5.92 Å². The number of hydrogen-bond donors (Lipinski definition) is 0. The molecule has 0 aromatic carbocycles. The summed E-state index contributed by atoms with van der Waals surface area (Å²) in [6, 6.07) is 2.06. The lowest BCUT2D eigenvalue weighted by Crippen LogP contribution is -2.36. The standard InChI is InChI=1S/C13H16N4O.C2H6/c1-2-10(1)11-9-17-13(15-11)12(3-4-14-17)16-5-7-18-8-6-16;1-2/h3-4,9-10H,1-2,5-8H2;1-2H3. The Morgan fingerprint density at radius 1 is 1.20 bits per heavy atom. The third-order valence-corrected chi connectivity index (χ3v) is 3.71. The van der Waals surface area contributed by atoms with Crippen molar-refractivity contribution in [2.75, 3.05) is 31.2 Å². The Bertz CT molecular complexity index is 570. The van der Waals surface area contributed by atoms with Crippen molar-refractivity contribution in [3.63, 3.8) is 0 Å². The second kappa shape index (κ2) is 5.79. The third kappa shape index (κ3) is 2.50. The number of imidazole rings is 1. The predicted molar refractivity (Wildman–Crippen MR) is 79.3 cm³/mol. The zero-order valence-corrected chi connectivity index (χ0v) is 12.2. The highest BCUT2D eigenvalue weighted by Gasteiger charge is 2.27. The summed E-state index contributed by atoms with van der Waals surface area (Å²) in [5.41, 5.74) is 3.37. The molecule has 1 aliphatic carbocycles. The molecule has 0 amide bonds. The van der Waals surface area contributed by atoms with Crippen LogP contribution in [0.5, 0.6) is 0 Å². The van der Waals surface area contributed by atoms with Crippen LogP contribution in [-0.4, -0.2) is 40.9 Å². The molecule has 1 saturated carbocycles. The molecule has 0 radical (unpaired) electrons. The van der Waals surface area contributed by atoms with Crippen molar-refractivity contribution in [1.29, 1.82) is 0 Å². The van der Waals surface area contributed by atoms with E-state index < -0.39 is 0 Å². The predicted octanol–water partition coefficient (Wildman–Crippen LogP) is 2.47. The van der Waals surface area contributed by atoms with Crippen molar-refractivity contribution in [2.24, 2.45) is 0 Å². The number of nitrogens with zero attached hydrogens (tertiary/aromatic N) is 4. The van der Waals surface area contributed by atoms with Crippen molar-refractivity contribution in [1.82, 2.24) is 14.6 Å². The summed E-state index contributed by atoms with van der Waals surface area (Å²) in [4.78, 5) is 7.11. The molecule has 5 nitrogen and oxygen atoms in total. The first-order chi connectivity index (χ1) is 9.92. The van der Waals surface area contributed by atoms with E-state index in [0.717, 1.165) is 32.0 Å². The molecule has 0 N–H and O–H groups in total. The van der Waals surface area contributed by atoms with Gasteiger partial charge in [-0.3, -0.25) is 0 Å². The number of rotatable bonds is 2. The van der Waals surface area contributed by atoms with Gasteiger partial charge in [-0.05, 0) is 18.9 Å². The van der Waals surface area contributed by atoms with Crippen LogP contribution in [0.4, 0.5) is 5.69 Å². The Labute approximate surface area is 119 Å². The second-order valence-electron chi connectivity index (χ2n) is 5.02. The molecule has 2 aliphatic rings. The molecule has 2 aromatic rings. The molecule has 2 fully saturated rings. The molecule has 0 spiro atoms. The highest BCUT2D eigenvalue weighted by Crippen LogP contribution is 2.39. The van der Waals surface area contributed by atoms with E-state index in [1.807, 2.05) is 24.6 Å². The van der Waals surface area contributed by atoms with Gasteiger partial charge in [0, 0.05) is 19.0 Å². The fourth-order valence-corrected chi connectivity index (χ4v) is 2.53. The monoisotopic (exact) mass is 274 g/mol. The topological polar surface area (TPSA) is 42.7 Å². The van der Waals surface area contributed by atoms with Crippen LogP contribution < -0.4 is 4.90 Å². The van der Waals surface area contributed by atoms with E-state index in [2.05, 4.69) is 22.3 Å². The van der Waals surface area contributed by atoms with Gasteiger partial charge < -0.3 is 9.64 Å². The lowest BCUT2D eigenvalue weighted by molar-refractivity contribution is 0.123. The van der Waals surface area contributed by atoms with Crippen molar-refractivity contribution >= 4 is 11.3 Å². The third-order valence-electron chi connectivity index (χ3n) is 3.71. The van der Waals surface area contributed by atoms with E-state index in [-0.39, 0.29) is 0 Å². The maximum absolute atomic E-state index is 5.40. The molecule has 1 aliphatic heterocycles. The summed E-state index contributed by atoms with van der Waals surface area (Å²) in [6.45, 7) is 7.46. The SMILES string of the molecule is CC.c1cc(N2CCOCC2)c2nc(C3CC3)cn2n1. The van der Waals surface area contributed by atoms with Gasteiger partial charge in [0.25, 0.3) is 0 Å². The summed E-state index contributed by atoms with van der Waals surface area (Å²) < 4.78 is 7.32. The first-order valence-corrected chi connectivity index (χ1v) is 7.59. The number of hydrogen-bond acceptors (Lipinski definition) is 4. The summed E-state index contributed by atoms with van der Waals surface area (Å²) in [7, 11) is 0. The van der Waals surface area contributed by atoms with Gasteiger partial charge in [-0.1, -0.05) is 13.8 Å². The minimum atomic E-state index is 0.671. The normalized spacial score (nSPS) is 18.8. The summed E-state index contributed by atoms with van der Waals surface area (Å²) in [5, 5.41) is 4.36. The van der Waals surface area contributed by atoms with E-state index >= 15 is 0 Å². The first-order valence-electron chi connectivity index (χ1n) is 7.59. The Hall–Kier alpha value is -1.62. The molecule has 0 unspecified atom stereocenters. The maximum atomic E-state index is 5.40. The molecular weight excluding hydrogens is 252 g/mol. The lowest BCUT2D eigenvalue weighted by Gasteiger charge is -2.28. The van der Waals surface area contributed by atoms with Gasteiger partial charge in [-0.15, -0.1) is 0 Å². The van der Waals surface area contributed by atoms with Crippen LogP contribution in [0, 0.1) is 0 Å². The van der Waals surface area contributed by atoms with Crippen molar-refractivity contribution in [3.05, 3.63) is 24.2 Å². The highest BCUT2D eigenvalue weighted by atomic mass is 16.5. The molecule has 20 heavy (non-hydrogen) atoms. The van der Waals surface area contributed by atoms with Gasteiger partial charge in [-0.2, -0.15) is 5.10 Å². The second-order valence-corrected chi connectivity index (χ2v) is 5.02. The Morgan fingerprint density at radius 2 is 1.95 bits per heavy atom. The van der Waals surface area contributed by atoms with Crippen LogP contribution in [0.3, 0.4) is 0 Å². The molecule has 3 heterocycles. The van der Waals surface area contributed by atoms with Gasteiger partial charge in [0.2, 0.25) is 0 Å². The van der Waals surface area contributed by atoms with Crippen LogP contribution >= 0.6 is 0 Å². The van der Waals surface area contributed by atoms with Crippen LogP contribution in [0.25, 0.3) is 5.65 Å². The Balaban J connectivity index is 0.000000581. The number of aromatic nitrogens is 3. The van der Waals surface area contributed by atoms with Crippen LogP contribution in [0.1, 0.15) is 38.3 Å². The first kappa shape index (κ1) is 13.4. The lowest BCUT2D eigenvalue weighted by atomic mass is 10.3. The molecule has 1 saturated heterocycles. The van der Waals surface area contributed by atoms with Gasteiger partial charge in [-0.25, -0.2) is 9.50 Å². The van der Waals surface area contributed by atoms with Crippen molar-refractivity contribution in [3.8, 4) is 0 Å². The molecule has 5 heteroatoms. The van der Waals surface area contributed by atoms with E-state index in [4.69, 9.17) is 9.72 Å². The fourth-order valence-electron chi connectivity index (χ4n) is 2.53. The average molecular weight is 274 g/mol. The van der Waals surface area contributed by atoms with E-state index in [1.165, 1.54) is 24.2 Å². The number of fused-ring (bicyclic) bond motifs is 1. The zero-order chi connectivity index (χ0) is 13.9. The van der Waals surface area contributed by atoms with Crippen molar-refractivity contribution < 1.29 is 4.74 Å². The summed E-state index contributed by atoms with van der Waals surface area (Å²) in [6.07, 6.45) is 6.49. The van der Waals surface area contributed by atoms with Gasteiger partial charge in [0.15, 0.2) is 5.65 Å². The molecule has 108 valence electrons. The molecular formula is C15H22N4O. The quantitative estimate of drug-likeness (QED) is 0.843. The smallest absolute Gasteiger partial charge is 0.177 e. The minimum Gasteiger partial charge on any atom is -0.378 e. The van der Waals surface area contributed by atoms with Crippen LogP contribution in [0.2, 0.25) is 0 Å². The Morgan fingerprint density at radius 3 is 2.65 bits per heavy atom. The fraction of sp³-hybridized carbons (Fsp3) is 0.600. The molecule has 0 bridgehead atoms. The minimum absolute atomic E-state index is 0.671. The van der Waals surface area contributed by atoms with Gasteiger partial charge in [0.05, 0.1) is 37.0 Å². The van der Waals surface area contributed by atoms with E-state index in [1.54, 1.807) is 0 Å². The highest BCUT2D eigenvalue weighted by molar-refractivity contribution is 5.68. The average Bonchev–Trinajstić information content (AvgIpc) is 3.28. The largest absolute Gasteiger partial charge is 0.378 e. The Kier molecular flexibility index (Phi) is 3.87. The maximum Gasteiger partial charge on any atom is 0.177 e. The number of anilines is 1. The van der Waals surface area contributed by atoms with Gasteiger partial charge in [0.1, 0.15) is 0 Å². The molecule has 0 atom stereocenters. The van der Waals surface area contributed by atoms with Crippen LogP contribution in [-0.2, 0) is 4.74 Å². The van der Waals surface area contributed by atoms with Gasteiger partial charge >= 0.3 is 0 Å². The van der Waals surface area contributed by atoms with Crippen molar-refractivity contribution in [2.45, 2.75) is 32.6 Å². The molecule has 2 aromatic heterocycles.